The fourth-order valence-corrected chi connectivity index (χ4v) is 2.54. The number of imidazole rings is 1. The van der Waals surface area contributed by atoms with Gasteiger partial charge in [0.05, 0.1) is 5.69 Å². The molecule has 0 amide bonds. The normalized spacial score (nSPS) is 25.0. The minimum atomic E-state index is 0.338. The van der Waals surface area contributed by atoms with E-state index in [4.69, 9.17) is 5.73 Å². The van der Waals surface area contributed by atoms with E-state index in [0.29, 0.717) is 12.1 Å². The third-order valence-electron chi connectivity index (χ3n) is 3.38. The Kier molecular flexibility index (Phi) is 3.52. The number of rotatable bonds is 3. The Balaban J connectivity index is 2.23. The van der Waals surface area contributed by atoms with E-state index in [-0.39, 0.29) is 0 Å². The minimum absolute atomic E-state index is 0.338. The van der Waals surface area contributed by atoms with Gasteiger partial charge >= 0.3 is 0 Å². The van der Waals surface area contributed by atoms with Crippen molar-refractivity contribution in [2.24, 2.45) is 5.73 Å². The molecular weight excluding hydrogens is 212 g/mol. The van der Waals surface area contributed by atoms with Gasteiger partial charge < -0.3 is 15.2 Å². The van der Waals surface area contributed by atoms with Crippen LogP contribution in [0.5, 0.6) is 0 Å². The highest BCUT2D eigenvalue weighted by atomic mass is 15.3. The van der Waals surface area contributed by atoms with E-state index in [0.717, 1.165) is 37.6 Å². The Morgan fingerprint density at radius 1 is 1.65 bits per heavy atom. The van der Waals surface area contributed by atoms with Crippen LogP contribution in [0.2, 0.25) is 0 Å². The summed E-state index contributed by atoms with van der Waals surface area (Å²) in [4.78, 5) is 6.99. The van der Waals surface area contributed by atoms with Gasteiger partial charge in [0.25, 0.3) is 0 Å². The van der Waals surface area contributed by atoms with Crippen molar-refractivity contribution in [2.75, 3.05) is 11.4 Å². The summed E-state index contributed by atoms with van der Waals surface area (Å²) in [5.41, 5.74) is 7.06. The van der Waals surface area contributed by atoms with Crippen LogP contribution in [0, 0.1) is 6.92 Å². The third kappa shape index (κ3) is 2.52. The fraction of sp³-hybridized carbons (Fsp3) is 0.615. The van der Waals surface area contributed by atoms with Crippen molar-refractivity contribution in [3.05, 3.63) is 24.5 Å². The van der Waals surface area contributed by atoms with Gasteiger partial charge in [0.1, 0.15) is 0 Å². The number of hydrogen-bond donors (Lipinski definition) is 1. The second kappa shape index (κ2) is 4.92. The zero-order chi connectivity index (χ0) is 12.4. The summed E-state index contributed by atoms with van der Waals surface area (Å²) >= 11 is 0. The first-order valence-corrected chi connectivity index (χ1v) is 6.28. The largest absolute Gasteiger partial charge is 0.339 e. The van der Waals surface area contributed by atoms with Crippen LogP contribution in [0.25, 0.3) is 0 Å². The molecule has 0 aromatic carbocycles. The molecule has 0 bridgehead atoms. The lowest BCUT2D eigenvalue weighted by Gasteiger charge is -2.37. The smallest absolute Gasteiger partial charge is 0.206 e. The monoisotopic (exact) mass is 234 g/mol. The lowest BCUT2D eigenvalue weighted by Crippen LogP contribution is -2.46. The van der Waals surface area contributed by atoms with Crippen molar-refractivity contribution in [3.8, 4) is 0 Å². The van der Waals surface area contributed by atoms with Crippen LogP contribution in [0.3, 0.4) is 0 Å². The van der Waals surface area contributed by atoms with Crippen molar-refractivity contribution in [1.82, 2.24) is 9.55 Å². The van der Waals surface area contributed by atoms with Gasteiger partial charge in [0.15, 0.2) is 0 Å². The molecule has 94 valence electrons. The molecule has 0 spiro atoms. The van der Waals surface area contributed by atoms with E-state index in [1.165, 1.54) is 0 Å². The van der Waals surface area contributed by atoms with Gasteiger partial charge in [-0.25, -0.2) is 4.98 Å². The molecule has 4 heteroatoms. The molecule has 0 radical (unpaired) electrons. The fourth-order valence-electron chi connectivity index (χ4n) is 2.54. The van der Waals surface area contributed by atoms with E-state index in [9.17, 15) is 0 Å². The molecular formula is C13H22N4. The SMILES string of the molecule is C=CCn1cc(C)nc1N1CCC(N)CC1C. The molecule has 2 unspecified atom stereocenters. The maximum absolute atomic E-state index is 6.00. The van der Waals surface area contributed by atoms with Gasteiger partial charge in [-0.2, -0.15) is 0 Å². The van der Waals surface area contributed by atoms with Crippen LogP contribution < -0.4 is 10.6 Å². The number of piperidine rings is 1. The predicted octanol–water partition coefficient (Wildman–Crippen LogP) is 1.69. The average Bonchev–Trinajstić information content (AvgIpc) is 2.60. The number of aromatic nitrogens is 2. The van der Waals surface area contributed by atoms with Crippen LogP contribution in [-0.2, 0) is 6.54 Å². The molecule has 1 aliphatic rings. The van der Waals surface area contributed by atoms with Crippen LogP contribution in [0.1, 0.15) is 25.5 Å². The van der Waals surface area contributed by atoms with E-state index < -0.39 is 0 Å². The Morgan fingerprint density at radius 3 is 3.06 bits per heavy atom. The zero-order valence-electron chi connectivity index (χ0n) is 10.8. The first-order valence-electron chi connectivity index (χ1n) is 6.28. The summed E-state index contributed by atoms with van der Waals surface area (Å²) in [5, 5.41) is 0. The van der Waals surface area contributed by atoms with E-state index in [1.807, 2.05) is 13.0 Å². The Labute approximate surface area is 103 Å². The average molecular weight is 234 g/mol. The van der Waals surface area contributed by atoms with Gasteiger partial charge in [-0.05, 0) is 26.7 Å². The molecule has 1 aliphatic heterocycles. The maximum atomic E-state index is 6.00. The second-order valence-electron chi connectivity index (χ2n) is 4.95. The van der Waals surface area contributed by atoms with Crippen molar-refractivity contribution in [3.63, 3.8) is 0 Å². The summed E-state index contributed by atoms with van der Waals surface area (Å²) in [6.07, 6.45) is 6.08. The standard InChI is InChI=1S/C13H22N4/c1-4-6-16-9-10(2)15-13(16)17-7-5-12(14)8-11(17)3/h4,9,11-12H,1,5-8,14H2,2-3H3. The minimum Gasteiger partial charge on any atom is -0.339 e. The molecule has 2 heterocycles. The first-order chi connectivity index (χ1) is 8.11. The Morgan fingerprint density at radius 2 is 2.41 bits per heavy atom. The molecule has 1 saturated heterocycles. The number of hydrogen-bond acceptors (Lipinski definition) is 3. The second-order valence-corrected chi connectivity index (χ2v) is 4.95. The molecule has 2 atom stereocenters. The molecule has 1 aromatic rings. The summed E-state index contributed by atoms with van der Waals surface area (Å²) in [6, 6.07) is 0.800. The number of anilines is 1. The van der Waals surface area contributed by atoms with Crippen molar-refractivity contribution in [1.29, 1.82) is 0 Å². The van der Waals surface area contributed by atoms with Crippen LogP contribution in [0.15, 0.2) is 18.9 Å². The molecule has 2 N–H and O–H groups in total. The van der Waals surface area contributed by atoms with Gasteiger partial charge in [-0.15, -0.1) is 6.58 Å². The van der Waals surface area contributed by atoms with E-state index >= 15 is 0 Å². The van der Waals surface area contributed by atoms with E-state index in [1.54, 1.807) is 0 Å². The molecule has 0 aliphatic carbocycles. The van der Waals surface area contributed by atoms with Gasteiger partial charge in [0, 0.05) is 31.4 Å². The number of nitrogens with zero attached hydrogens (tertiary/aromatic N) is 3. The van der Waals surface area contributed by atoms with E-state index in [2.05, 4.69) is 34.2 Å². The number of allylic oxidation sites excluding steroid dienone is 1. The lowest BCUT2D eigenvalue weighted by molar-refractivity contribution is 0.421. The van der Waals surface area contributed by atoms with Crippen molar-refractivity contribution in [2.45, 2.75) is 45.3 Å². The molecule has 1 aromatic heterocycles. The van der Waals surface area contributed by atoms with Crippen LogP contribution in [-0.4, -0.2) is 28.2 Å². The van der Waals surface area contributed by atoms with Gasteiger partial charge in [-0.3, -0.25) is 0 Å². The first kappa shape index (κ1) is 12.2. The maximum Gasteiger partial charge on any atom is 0.206 e. The molecule has 0 saturated carbocycles. The van der Waals surface area contributed by atoms with Gasteiger partial charge in [0.2, 0.25) is 5.95 Å². The Bertz CT molecular complexity index is 396. The molecule has 4 nitrogen and oxygen atoms in total. The van der Waals surface area contributed by atoms with Crippen molar-refractivity contribution < 1.29 is 0 Å². The topological polar surface area (TPSA) is 47.1 Å². The van der Waals surface area contributed by atoms with Crippen LogP contribution >= 0.6 is 0 Å². The summed E-state index contributed by atoms with van der Waals surface area (Å²) in [6.45, 7) is 9.86. The Hall–Kier alpha value is -1.29. The van der Waals surface area contributed by atoms with Gasteiger partial charge in [-0.1, -0.05) is 6.08 Å². The zero-order valence-corrected chi connectivity index (χ0v) is 10.8. The highest BCUT2D eigenvalue weighted by molar-refractivity contribution is 5.36. The summed E-state index contributed by atoms with van der Waals surface area (Å²) in [7, 11) is 0. The summed E-state index contributed by atoms with van der Waals surface area (Å²) in [5.74, 6) is 1.06. The van der Waals surface area contributed by atoms with Crippen LogP contribution in [0.4, 0.5) is 5.95 Å². The highest BCUT2D eigenvalue weighted by Crippen LogP contribution is 2.23. The summed E-state index contributed by atoms with van der Waals surface area (Å²) < 4.78 is 2.16. The molecule has 2 rings (SSSR count). The molecule has 17 heavy (non-hydrogen) atoms. The number of nitrogens with two attached hydrogens (primary N) is 1. The quantitative estimate of drug-likeness (QED) is 0.810. The third-order valence-corrected chi connectivity index (χ3v) is 3.38. The van der Waals surface area contributed by atoms with Crippen molar-refractivity contribution >= 4 is 5.95 Å². The number of aryl methyl sites for hydroxylation is 1. The predicted molar refractivity (Wildman–Crippen MR) is 71.2 cm³/mol. The molecule has 1 fully saturated rings. The lowest BCUT2D eigenvalue weighted by atomic mass is 10.00. The highest BCUT2D eigenvalue weighted by Gasteiger charge is 2.26.